The Labute approximate surface area is 209 Å². The van der Waals surface area contributed by atoms with E-state index in [0.29, 0.717) is 5.56 Å². The van der Waals surface area contributed by atoms with Crippen LogP contribution in [-0.4, -0.2) is 58.9 Å². The van der Waals surface area contributed by atoms with Crippen LogP contribution in [0.4, 0.5) is 16.5 Å². The van der Waals surface area contributed by atoms with Gasteiger partial charge in [-0.3, -0.25) is 14.7 Å². The second kappa shape index (κ2) is 10.8. The Bertz CT molecular complexity index is 1270. The molecule has 0 atom stereocenters. The molecule has 1 fully saturated rings. The van der Waals surface area contributed by atoms with Crippen molar-refractivity contribution in [3.8, 4) is 11.3 Å². The molecule has 0 unspecified atom stereocenters. The van der Waals surface area contributed by atoms with Crippen LogP contribution in [0.2, 0.25) is 0 Å². The molecule has 8 heteroatoms. The highest BCUT2D eigenvalue weighted by atomic mass is 32.1. The largest absolute Gasteiger partial charge is 0.331 e. The minimum atomic E-state index is -0.124. The van der Waals surface area contributed by atoms with Gasteiger partial charge in [0.05, 0.1) is 5.69 Å². The molecule has 1 aliphatic rings. The van der Waals surface area contributed by atoms with Gasteiger partial charge in [-0.15, -0.1) is 11.3 Å². The van der Waals surface area contributed by atoms with E-state index in [1.807, 2.05) is 66.0 Å². The van der Waals surface area contributed by atoms with Crippen LogP contribution in [0.15, 0.2) is 78.4 Å². The maximum Gasteiger partial charge on any atom is 0.255 e. The Morgan fingerprint density at radius 2 is 1.80 bits per heavy atom. The summed E-state index contributed by atoms with van der Waals surface area (Å²) in [7, 11) is 2.16. The molecule has 2 aromatic carbocycles. The van der Waals surface area contributed by atoms with E-state index in [1.54, 1.807) is 12.4 Å². The Balaban J connectivity index is 1.18. The van der Waals surface area contributed by atoms with Crippen LogP contribution in [0.5, 0.6) is 0 Å². The van der Waals surface area contributed by atoms with Crippen molar-refractivity contribution in [1.82, 2.24) is 19.8 Å². The first-order chi connectivity index (χ1) is 17.1. The fourth-order valence-electron chi connectivity index (χ4n) is 4.01. The van der Waals surface area contributed by atoms with E-state index in [4.69, 9.17) is 0 Å². The van der Waals surface area contributed by atoms with E-state index < -0.39 is 0 Å². The zero-order valence-corrected chi connectivity index (χ0v) is 20.5. The maximum atomic E-state index is 12.8. The first-order valence-electron chi connectivity index (χ1n) is 11.7. The van der Waals surface area contributed by atoms with Gasteiger partial charge in [-0.05, 0) is 55.1 Å². The molecule has 5 rings (SSSR count). The molecule has 2 aromatic heterocycles. The Kier molecular flexibility index (Phi) is 7.13. The number of carbonyl (C=O) groups excluding carboxylic acids is 1. The van der Waals surface area contributed by atoms with Crippen molar-refractivity contribution in [3.63, 3.8) is 0 Å². The summed E-state index contributed by atoms with van der Waals surface area (Å²) in [6.45, 7) is 5.28. The van der Waals surface area contributed by atoms with Gasteiger partial charge in [0.25, 0.3) is 5.91 Å². The first kappa shape index (κ1) is 23.2. The SMILES string of the molecule is CN1CCN(Cc2ccc(C(=O)Nc3cccc(Nc4nc(-c5cccnc5)cs4)c3)cc2)CC1. The van der Waals surface area contributed by atoms with Gasteiger partial charge >= 0.3 is 0 Å². The number of benzene rings is 2. The van der Waals surface area contributed by atoms with E-state index in [1.165, 1.54) is 16.9 Å². The summed E-state index contributed by atoms with van der Waals surface area (Å²) in [5, 5.41) is 9.10. The van der Waals surface area contributed by atoms with E-state index in [0.717, 1.165) is 60.5 Å². The fraction of sp³-hybridized carbons (Fsp3) is 0.222. The second-order valence-corrected chi connectivity index (χ2v) is 9.57. The predicted octanol–water partition coefficient (Wildman–Crippen LogP) is 4.95. The molecular weight excluding hydrogens is 456 g/mol. The quantitative estimate of drug-likeness (QED) is 0.387. The van der Waals surface area contributed by atoms with Crippen molar-refractivity contribution in [2.24, 2.45) is 0 Å². The summed E-state index contributed by atoms with van der Waals surface area (Å²) >= 11 is 1.53. The Hall–Kier alpha value is -3.59. The van der Waals surface area contributed by atoms with Crippen LogP contribution in [0.3, 0.4) is 0 Å². The number of amides is 1. The van der Waals surface area contributed by atoms with E-state index in [2.05, 4.69) is 37.4 Å². The molecule has 0 bridgehead atoms. The van der Waals surface area contributed by atoms with Gasteiger partial charge in [0, 0.05) is 73.0 Å². The molecule has 2 N–H and O–H groups in total. The molecule has 178 valence electrons. The van der Waals surface area contributed by atoms with Crippen molar-refractivity contribution < 1.29 is 4.79 Å². The smallest absolute Gasteiger partial charge is 0.255 e. The number of nitrogens with one attached hydrogen (secondary N) is 2. The summed E-state index contributed by atoms with van der Waals surface area (Å²) in [4.78, 5) is 26.4. The van der Waals surface area contributed by atoms with Crippen LogP contribution in [-0.2, 0) is 6.54 Å². The number of piperazine rings is 1. The number of pyridine rings is 1. The van der Waals surface area contributed by atoms with Crippen LogP contribution >= 0.6 is 11.3 Å². The number of carbonyl (C=O) groups is 1. The molecule has 1 amide bonds. The monoisotopic (exact) mass is 484 g/mol. The summed E-state index contributed by atoms with van der Waals surface area (Å²) in [5.41, 5.74) is 5.32. The minimum absolute atomic E-state index is 0.124. The lowest BCUT2D eigenvalue weighted by atomic mass is 10.1. The molecular formula is C27H28N6OS. The average Bonchev–Trinajstić information content (AvgIpc) is 3.35. The fourth-order valence-corrected chi connectivity index (χ4v) is 4.75. The van der Waals surface area contributed by atoms with Gasteiger partial charge < -0.3 is 15.5 Å². The van der Waals surface area contributed by atoms with Crippen LogP contribution in [0.25, 0.3) is 11.3 Å². The molecule has 0 radical (unpaired) electrons. The lowest BCUT2D eigenvalue weighted by Gasteiger charge is -2.32. The summed E-state index contributed by atoms with van der Waals surface area (Å²) in [6.07, 6.45) is 3.55. The lowest BCUT2D eigenvalue weighted by Crippen LogP contribution is -2.43. The third kappa shape index (κ3) is 6.10. The molecule has 0 aliphatic carbocycles. The number of nitrogens with zero attached hydrogens (tertiary/aromatic N) is 4. The molecule has 3 heterocycles. The zero-order valence-electron chi connectivity index (χ0n) is 19.6. The van der Waals surface area contributed by atoms with E-state index >= 15 is 0 Å². The van der Waals surface area contributed by atoms with E-state index in [9.17, 15) is 4.79 Å². The van der Waals surface area contributed by atoms with E-state index in [-0.39, 0.29) is 5.91 Å². The standard InChI is InChI=1S/C27H28N6OS/c1-32-12-14-33(15-13-32)18-20-7-9-21(10-8-20)26(34)29-23-5-2-6-24(16-23)30-27-31-25(19-35-27)22-4-3-11-28-17-22/h2-11,16-17,19H,12-15,18H2,1H3,(H,29,34)(H,30,31). The second-order valence-electron chi connectivity index (χ2n) is 8.72. The number of anilines is 3. The molecule has 0 spiro atoms. The number of thiazole rings is 1. The number of rotatable bonds is 7. The van der Waals surface area contributed by atoms with Gasteiger partial charge in [-0.1, -0.05) is 18.2 Å². The molecule has 35 heavy (non-hydrogen) atoms. The molecule has 7 nitrogen and oxygen atoms in total. The van der Waals surface area contributed by atoms with Crippen molar-refractivity contribution in [2.45, 2.75) is 6.54 Å². The highest BCUT2D eigenvalue weighted by Crippen LogP contribution is 2.27. The number of aromatic nitrogens is 2. The van der Waals surface area contributed by atoms with Crippen LogP contribution < -0.4 is 10.6 Å². The van der Waals surface area contributed by atoms with Gasteiger partial charge in [-0.25, -0.2) is 4.98 Å². The Morgan fingerprint density at radius 3 is 2.57 bits per heavy atom. The number of likely N-dealkylation sites (N-methyl/N-ethyl adjacent to an activating group) is 1. The predicted molar refractivity (Wildman–Crippen MR) is 142 cm³/mol. The topological polar surface area (TPSA) is 73.4 Å². The van der Waals surface area contributed by atoms with Gasteiger partial charge in [-0.2, -0.15) is 0 Å². The van der Waals surface area contributed by atoms with Crippen molar-refractivity contribution in [2.75, 3.05) is 43.9 Å². The van der Waals surface area contributed by atoms with Crippen molar-refractivity contribution in [1.29, 1.82) is 0 Å². The summed E-state index contributed by atoms with van der Waals surface area (Å²) in [6, 6.07) is 19.4. The van der Waals surface area contributed by atoms with Gasteiger partial charge in [0.2, 0.25) is 0 Å². The van der Waals surface area contributed by atoms with Crippen molar-refractivity contribution in [3.05, 3.63) is 89.6 Å². The third-order valence-electron chi connectivity index (χ3n) is 6.05. The highest BCUT2D eigenvalue weighted by Gasteiger charge is 2.14. The van der Waals surface area contributed by atoms with Gasteiger partial charge in [0.15, 0.2) is 5.13 Å². The number of hydrogen-bond donors (Lipinski definition) is 2. The Morgan fingerprint density at radius 1 is 1.00 bits per heavy atom. The maximum absolute atomic E-state index is 12.8. The number of hydrogen-bond acceptors (Lipinski definition) is 7. The molecule has 1 aliphatic heterocycles. The van der Waals surface area contributed by atoms with Crippen molar-refractivity contribution >= 4 is 33.8 Å². The molecule has 4 aromatic rings. The zero-order chi connectivity index (χ0) is 24.0. The van der Waals surface area contributed by atoms with Gasteiger partial charge in [0.1, 0.15) is 0 Å². The van der Waals surface area contributed by atoms with Crippen LogP contribution in [0.1, 0.15) is 15.9 Å². The highest BCUT2D eigenvalue weighted by molar-refractivity contribution is 7.14. The first-order valence-corrected chi connectivity index (χ1v) is 12.5. The normalized spacial score (nSPS) is 14.5. The summed E-state index contributed by atoms with van der Waals surface area (Å²) in [5.74, 6) is -0.124. The molecule has 1 saturated heterocycles. The average molecular weight is 485 g/mol. The minimum Gasteiger partial charge on any atom is -0.331 e. The molecule has 0 saturated carbocycles. The summed E-state index contributed by atoms with van der Waals surface area (Å²) < 4.78 is 0. The van der Waals surface area contributed by atoms with Crippen LogP contribution in [0, 0.1) is 0 Å². The lowest BCUT2D eigenvalue weighted by molar-refractivity contribution is 0.102. The third-order valence-corrected chi connectivity index (χ3v) is 6.81.